The summed E-state index contributed by atoms with van der Waals surface area (Å²) in [6.45, 7) is 8.28. The molecule has 2 amide bonds. The van der Waals surface area contributed by atoms with Crippen LogP contribution in [0.4, 0.5) is 23.7 Å². The van der Waals surface area contributed by atoms with E-state index in [1.807, 2.05) is 43.9 Å². The Morgan fingerprint density at radius 3 is 2.14 bits per heavy atom. The second-order valence-electron chi connectivity index (χ2n) is 7.94. The van der Waals surface area contributed by atoms with Gasteiger partial charge in [0.1, 0.15) is 0 Å². The Morgan fingerprint density at radius 1 is 1.11 bits per heavy atom. The molecule has 1 aromatic carbocycles. The molecule has 1 atom stereocenters. The topological polar surface area (TPSA) is 72.9 Å². The lowest BCUT2D eigenvalue weighted by Crippen LogP contribution is -2.52. The van der Waals surface area contributed by atoms with E-state index < -0.39 is 24.2 Å². The van der Waals surface area contributed by atoms with Crippen molar-refractivity contribution in [1.82, 2.24) is 10.2 Å². The van der Waals surface area contributed by atoms with Gasteiger partial charge in [0.05, 0.1) is 6.04 Å². The van der Waals surface area contributed by atoms with Crippen LogP contribution < -0.4 is 10.2 Å². The van der Waals surface area contributed by atoms with Crippen LogP contribution >= 0.6 is 0 Å². The first-order valence-corrected chi connectivity index (χ1v) is 9.06. The van der Waals surface area contributed by atoms with Gasteiger partial charge in [0.2, 0.25) is 0 Å². The van der Waals surface area contributed by atoms with Crippen LogP contribution in [0.1, 0.15) is 44.9 Å². The molecular weight excluding hydrogens is 375 g/mol. The third-order valence-corrected chi connectivity index (χ3v) is 4.78. The lowest BCUT2D eigenvalue weighted by Gasteiger charge is -2.39. The molecular formula is C19H26F3N3O3. The number of hydrogen-bond acceptors (Lipinski definition) is 3. The van der Waals surface area contributed by atoms with E-state index in [4.69, 9.17) is 5.11 Å². The summed E-state index contributed by atoms with van der Waals surface area (Å²) in [5, 5.41) is 11.5. The maximum atomic E-state index is 12.7. The first-order valence-electron chi connectivity index (χ1n) is 9.06. The molecule has 1 aromatic rings. The Hall–Kier alpha value is -2.45. The first kappa shape index (κ1) is 21.8. The van der Waals surface area contributed by atoms with Crippen molar-refractivity contribution < 1.29 is 27.9 Å². The molecule has 0 bridgehead atoms. The Balaban J connectivity index is 2.32. The molecule has 0 radical (unpaired) electrons. The van der Waals surface area contributed by atoms with E-state index in [9.17, 15) is 22.8 Å². The van der Waals surface area contributed by atoms with Gasteiger partial charge in [0, 0.05) is 31.9 Å². The van der Waals surface area contributed by atoms with E-state index >= 15 is 0 Å². The van der Waals surface area contributed by atoms with Crippen molar-refractivity contribution in [2.24, 2.45) is 0 Å². The fourth-order valence-electron chi connectivity index (χ4n) is 3.59. The van der Waals surface area contributed by atoms with Gasteiger partial charge in [-0.2, -0.15) is 13.2 Å². The predicted octanol–water partition coefficient (Wildman–Crippen LogP) is 3.52. The van der Waals surface area contributed by atoms with Gasteiger partial charge >= 0.3 is 18.2 Å². The summed E-state index contributed by atoms with van der Waals surface area (Å²) in [5.41, 5.74) is 2.29. The van der Waals surface area contributed by atoms with Crippen LogP contribution in [-0.2, 0) is 10.2 Å². The van der Waals surface area contributed by atoms with E-state index in [2.05, 4.69) is 5.32 Å². The van der Waals surface area contributed by atoms with Crippen LogP contribution in [0.5, 0.6) is 0 Å². The molecule has 6 nitrogen and oxygen atoms in total. The predicted molar refractivity (Wildman–Crippen MR) is 99.6 cm³/mol. The van der Waals surface area contributed by atoms with Gasteiger partial charge in [-0.25, -0.2) is 4.79 Å². The molecule has 1 fully saturated rings. The Kier molecular flexibility index (Phi) is 6.15. The number of carbonyl (C=O) groups excluding carboxylic acids is 1. The Bertz CT molecular complexity index is 736. The summed E-state index contributed by atoms with van der Waals surface area (Å²) in [6, 6.07) is 5.11. The molecule has 28 heavy (non-hydrogen) atoms. The fraction of sp³-hybridized carbons (Fsp3) is 0.579. The molecule has 0 aromatic heterocycles. The lowest BCUT2D eigenvalue weighted by atomic mass is 9.80. The van der Waals surface area contributed by atoms with Gasteiger partial charge < -0.3 is 20.2 Å². The third kappa shape index (κ3) is 4.88. The standard InChI is InChI=1S/C19H26F3N3O3/c1-12(23-17(27)28)13-6-5-7-14(15(13)18(2,3)4)24-8-10-25(11-9-24)16(26)19(20,21)22/h5-7,12,23H,8-11H2,1-4H3,(H,27,28)/t12-/m0/s1. The van der Waals surface area contributed by atoms with Crippen molar-refractivity contribution in [3.05, 3.63) is 29.3 Å². The minimum atomic E-state index is -4.86. The van der Waals surface area contributed by atoms with Crippen molar-refractivity contribution in [2.75, 3.05) is 31.1 Å². The summed E-state index contributed by atoms with van der Waals surface area (Å²) < 4.78 is 38.0. The highest BCUT2D eigenvalue weighted by Crippen LogP contribution is 2.38. The van der Waals surface area contributed by atoms with Crippen LogP contribution in [0.2, 0.25) is 0 Å². The number of alkyl halides is 3. The van der Waals surface area contributed by atoms with E-state index in [1.165, 1.54) is 0 Å². The molecule has 2 rings (SSSR count). The smallest absolute Gasteiger partial charge is 0.465 e. The summed E-state index contributed by atoms with van der Waals surface area (Å²) >= 11 is 0. The second-order valence-corrected chi connectivity index (χ2v) is 7.94. The number of nitrogens with zero attached hydrogens (tertiary/aromatic N) is 2. The highest BCUT2D eigenvalue weighted by atomic mass is 19.4. The number of anilines is 1. The van der Waals surface area contributed by atoms with Crippen LogP contribution in [0, 0.1) is 0 Å². The summed E-state index contributed by atoms with van der Waals surface area (Å²) in [7, 11) is 0. The molecule has 156 valence electrons. The summed E-state index contributed by atoms with van der Waals surface area (Å²) in [6.07, 6.45) is -5.99. The van der Waals surface area contributed by atoms with Gasteiger partial charge in [-0.3, -0.25) is 4.79 Å². The van der Waals surface area contributed by atoms with Gasteiger partial charge in [0.25, 0.3) is 0 Å². The van der Waals surface area contributed by atoms with Gasteiger partial charge in [-0.05, 0) is 29.5 Å². The maximum absolute atomic E-state index is 12.7. The van der Waals surface area contributed by atoms with Crippen LogP contribution in [0.15, 0.2) is 18.2 Å². The molecule has 1 aliphatic heterocycles. The number of amides is 2. The average Bonchev–Trinajstić information content (AvgIpc) is 2.58. The zero-order valence-corrected chi connectivity index (χ0v) is 16.4. The summed E-state index contributed by atoms with van der Waals surface area (Å²) in [4.78, 5) is 25.3. The second kappa shape index (κ2) is 7.89. The molecule has 0 aliphatic carbocycles. The van der Waals surface area contributed by atoms with Crippen molar-refractivity contribution in [3.8, 4) is 0 Å². The zero-order chi connectivity index (χ0) is 21.3. The number of carbonyl (C=O) groups is 2. The van der Waals surface area contributed by atoms with Crippen LogP contribution in [-0.4, -0.2) is 54.4 Å². The number of nitrogens with one attached hydrogen (secondary N) is 1. The first-order chi connectivity index (χ1) is 12.8. The minimum absolute atomic E-state index is 0.0188. The van der Waals surface area contributed by atoms with Crippen molar-refractivity contribution in [3.63, 3.8) is 0 Å². The van der Waals surface area contributed by atoms with Crippen molar-refractivity contribution >= 4 is 17.7 Å². The number of rotatable bonds is 3. The van der Waals surface area contributed by atoms with Crippen molar-refractivity contribution in [1.29, 1.82) is 0 Å². The monoisotopic (exact) mass is 401 g/mol. The van der Waals surface area contributed by atoms with E-state index in [-0.39, 0.29) is 31.6 Å². The van der Waals surface area contributed by atoms with Gasteiger partial charge in [-0.1, -0.05) is 32.9 Å². The molecule has 9 heteroatoms. The van der Waals surface area contributed by atoms with E-state index in [0.29, 0.717) is 0 Å². The Morgan fingerprint density at radius 2 is 1.68 bits per heavy atom. The van der Waals surface area contributed by atoms with Crippen molar-refractivity contribution in [2.45, 2.75) is 45.3 Å². The number of carboxylic acid groups (broad SMARTS) is 1. The van der Waals surface area contributed by atoms with Crippen LogP contribution in [0.3, 0.4) is 0 Å². The highest BCUT2D eigenvalue weighted by molar-refractivity contribution is 5.82. The SMILES string of the molecule is C[C@H](NC(=O)O)c1cccc(N2CCN(C(=O)C(F)(F)F)CC2)c1C(C)(C)C. The zero-order valence-electron chi connectivity index (χ0n) is 16.4. The highest BCUT2D eigenvalue weighted by Gasteiger charge is 2.43. The average molecular weight is 401 g/mol. The summed E-state index contributed by atoms with van der Waals surface area (Å²) in [5.74, 6) is -1.81. The quantitative estimate of drug-likeness (QED) is 0.813. The molecule has 0 spiro atoms. The largest absolute Gasteiger partial charge is 0.471 e. The minimum Gasteiger partial charge on any atom is -0.465 e. The van der Waals surface area contributed by atoms with E-state index in [1.54, 1.807) is 6.92 Å². The molecule has 0 unspecified atom stereocenters. The Labute approximate surface area is 162 Å². The molecule has 2 N–H and O–H groups in total. The van der Waals surface area contributed by atoms with Gasteiger partial charge in [0.15, 0.2) is 0 Å². The van der Waals surface area contributed by atoms with Crippen LogP contribution in [0.25, 0.3) is 0 Å². The number of halogens is 3. The molecule has 1 heterocycles. The molecule has 1 saturated heterocycles. The fourth-order valence-corrected chi connectivity index (χ4v) is 3.59. The third-order valence-electron chi connectivity index (χ3n) is 4.78. The lowest BCUT2D eigenvalue weighted by molar-refractivity contribution is -0.185. The normalized spacial score (nSPS) is 16.7. The van der Waals surface area contributed by atoms with E-state index in [0.717, 1.165) is 21.7 Å². The number of piperazine rings is 1. The molecule has 0 saturated carbocycles. The number of benzene rings is 1. The molecule has 1 aliphatic rings. The number of hydrogen-bond donors (Lipinski definition) is 2. The maximum Gasteiger partial charge on any atom is 0.471 e. The van der Waals surface area contributed by atoms with Gasteiger partial charge in [-0.15, -0.1) is 0 Å².